The second kappa shape index (κ2) is 4.91. The van der Waals surface area contributed by atoms with Crippen LogP contribution in [0.3, 0.4) is 0 Å². The maximum atomic E-state index is 9.32. The summed E-state index contributed by atoms with van der Waals surface area (Å²) in [6, 6.07) is 0. The van der Waals surface area contributed by atoms with Crippen LogP contribution in [0.25, 0.3) is 0 Å². The molecule has 4 heteroatoms. The van der Waals surface area contributed by atoms with E-state index >= 15 is 0 Å². The van der Waals surface area contributed by atoms with Crippen molar-refractivity contribution in [1.82, 2.24) is 0 Å². The van der Waals surface area contributed by atoms with Crippen LogP contribution in [0.1, 0.15) is 20.3 Å². The van der Waals surface area contributed by atoms with Crippen molar-refractivity contribution >= 4 is 0 Å². The fourth-order valence-corrected chi connectivity index (χ4v) is 1.49. The van der Waals surface area contributed by atoms with Crippen molar-refractivity contribution in [2.24, 2.45) is 0 Å². The van der Waals surface area contributed by atoms with Crippen molar-refractivity contribution in [2.75, 3.05) is 13.2 Å². The van der Waals surface area contributed by atoms with Crippen LogP contribution in [0.15, 0.2) is 0 Å². The van der Waals surface area contributed by atoms with Crippen LogP contribution in [0.2, 0.25) is 0 Å². The Morgan fingerprint density at radius 2 is 2.23 bits per heavy atom. The van der Waals surface area contributed by atoms with E-state index in [0.717, 1.165) is 0 Å². The van der Waals surface area contributed by atoms with Gasteiger partial charge in [0.15, 0.2) is 0 Å². The molecule has 4 nitrogen and oxygen atoms in total. The lowest BCUT2D eigenvalue weighted by Crippen LogP contribution is -2.45. The van der Waals surface area contributed by atoms with Crippen LogP contribution in [0.4, 0.5) is 0 Å². The second-order valence-corrected chi connectivity index (χ2v) is 3.67. The van der Waals surface area contributed by atoms with Crippen molar-refractivity contribution in [1.29, 1.82) is 0 Å². The summed E-state index contributed by atoms with van der Waals surface area (Å²) >= 11 is 0. The topological polar surface area (TPSA) is 58.9 Å². The molecule has 0 aromatic carbocycles. The average molecular weight is 190 g/mol. The molecule has 1 saturated heterocycles. The third-order valence-electron chi connectivity index (χ3n) is 2.05. The van der Waals surface area contributed by atoms with E-state index < -0.39 is 6.10 Å². The smallest absolute Gasteiger partial charge is 0.107 e. The molecule has 1 aliphatic heterocycles. The predicted molar refractivity (Wildman–Crippen MR) is 47.5 cm³/mol. The fraction of sp³-hybridized carbons (Fsp3) is 1.00. The van der Waals surface area contributed by atoms with E-state index in [-0.39, 0.29) is 24.9 Å². The molecule has 78 valence electrons. The number of aliphatic hydroxyl groups excluding tert-OH is 2. The van der Waals surface area contributed by atoms with Gasteiger partial charge in [-0.05, 0) is 13.8 Å². The Labute approximate surface area is 78.5 Å². The zero-order chi connectivity index (χ0) is 9.84. The second-order valence-electron chi connectivity index (χ2n) is 3.67. The van der Waals surface area contributed by atoms with Crippen molar-refractivity contribution < 1.29 is 19.7 Å². The van der Waals surface area contributed by atoms with Gasteiger partial charge in [0.25, 0.3) is 0 Å². The highest BCUT2D eigenvalue weighted by molar-refractivity contribution is 4.79. The van der Waals surface area contributed by atoms with Gasteiger partial charge in [-0.15, -0.1) is 0 Å². The van der Waals surface area contributed by atoms with Crippen LogP contribution in [0, 0.1) is 0 Å². The highest BCUT2D eigenvalue weighted by atomic mass is 16.6. The van der Waals surface area contributed by atoms with E-state index in [0.29, 0.717) is 13.0 Å². The van der Waals surface area contributed by atoms with Crippen LogP contribution in [0.5, 0.6) is 0 Å². The predicted octanol–water partition coefficient (Wildman–Crippen LogP) is -0.0779. The Morgan fingerprint density at radius 3 is 2.77 bits per heavy atom. The lowest BCUT2D eigenvalue weighted by atomic mass is 10.0. The van der Waals surface area contributed by atoms with Crippen LogP contribution < -0.4 is 0 Å². The average Bonchev–Trinajstić information content (AvgIpc) is 2.03. The zero-order valence-electron chi connectivity index (χ0n) is 8.14. The Hall–Kier alpha value is -0.160. The number of rotatable bonds is 3. The third-order valence-corrected chi connectivity index (χ3v) is 2.05. The first-order valence-electron chi connectivity index (χ1n) is 4.69. The molecule has 0 saturated carbocycles. The lowest BCUT2D eigenvalue weighted by molar-refractivity contribution is -0.167. The molecule has 0 radical (unpaired) electrons. The minimum absolute atomic E-state index is 0.0515. The first-order chi connectivity index (χ1) is 6.13. The molecule has 0 aromatic rings. The standard InChI is InChI=1S/C9H18O4/c1-6(2)13-8-3-7(11)5-12-9(8)4-10/h6-11H,3-5H2,1-2H3. The van der Waals surface area contributed by atoms with E-state index in [9.17, 15) is 5.11 Å². The van der Waals surface area contributed by atoms with Gasteiger partial charge in [-0.3, -0.25) is 0 Å². The summed E-state index contributed by atoms with van der Waals surface area (Å²) < 4.78 is 10.7. The Bertz CT molecular complexity index is 147. The minimum atomic E-state index is -0.466. The molecule has 0 aliphatic carbocycles. The number of ether oxygens (including phenoxy) is 2. The molecule has 2 N–H and O–H groups in total. The summed E-state index contributed by atoms with van der Waals surface area (Å²) in [5, 5.41) is 18.3. The third kappa shape index (κ3) is 3.23. The summed E-state index contributed by atoms with van der Waals surface area (Å²) in [6.07, 6.45) is -0.303. The Morgan fingerprint density at radius 1 is 1.54 bits per heavy atom. The monoisotopic (exact) mass is 190 g/mol. The summed E-state index contributed by atoms with van der Waals surface area (Å²) in [5.74, 6) is 0. The zero-order valence-corrected chi connectivity index (χ0v) is 8.14. The van der Waals surface area contributed by atoms with Gasteiger partial charge in [0.05, 0.1) is 31.5 Å². The van der Waals surface area contributed by atoms with Crippen LogP contribution in [-0.4, -0.2) is 47.8 Å². The Kier molecular flexibility index (Phi) is 4.12. The van der Waals surface area contributed by atoms with E-state index in [1.165, 1.54) is 0 Å². The Balaban J connectivity index is 2.44. The molecule has 0 spiro atoms. The van der Waals surface area contributed by atoms with Gasteiger partial charge in [0, 0.05) is 6.42 Å². The van der Waals surface area contributed by atoms with Crippen LogP contribution >= 0.6 is 0 Å². The quantitative estimate of drug-likeness (QED) is 0.653. The molecule has 13 heavy (non-hydrogen) atoms. The molecule has 1 fully saturated rings. The van der Waals surface area contributed by atoms with Gasteiger partial charge in [0.2, 0.25) is 0 Å². The van der Waals surface area contributed by atoms with E-state index in [1.54, 1.807) is 0 Å². The summed E-state index contributed by atoms with van der Waals surface area (Å²) in [4.78, 5) is 0. The molecule has 0 aromatic heterocycles. The van der Waals surface area contributed by atoms with Gasteiger partial charge in [-0.2, -0.15) is 0 Å². The fourth-order valence-electron chi connectivity index (χ4n) is 1.49. The largest absolute Gasteiger partial charge is 0.394 e. The molecule has 0 bridgehead atoms. The minimum Gasteiger partial charge on any atom is -0.394 e. The highest BCUT2D eigenvalue weighted by Crippen LogP contribution is 2.18. The number of hydrogen-bond donors (Lipinski definition) is 2. The van der Waals surface area contributed by atoms with Crippen molar-refractivity contribution in [3.8, 4) is 0 Å². The normalized spacial score (nSPS) is 35.3. The van der Waals surface area contributed by atoms with Gasteiger partial charge in [-0.25, -0.2) is 0 Å². The summed E-state index contributed by atoms with van der Waals surface area (Å²) in [6.45, 7) is 4.10. The van der Waals surface area contributed by atoms with E-state index in [1.807, 2.05) is 13.8 Å². The molecular weight excluding hydrogens is 172 g/mol. The lowest BCUT2D eigenvalue weighted by Gasteiger charge is -2.34. The molecular formula is C9H18O4. The first-order valence-corrected chi connectivity index (χ1v) is 4.69. The van der Waals surface area contributed by atoms with Gasteiger partial charge < -0.3 is 19.7 Å². The molecule has 3 unspecified atom stereocenters. The SMILES string of the molecule is CC(C)OC1CC(O)COC1CO. The molecule has 1 aliphatic rings. The molecule has 3 atom stereocenters. The van der Waals surface area contributed by atoms with E-state index in [2.05, 4.69) is 0 Å². The maximum absolute atomic E-state index is 9.32. The van der Waals surface area contributed by atoms with E-state index in [4.69, 9.17) is 14.6 Å². The van der Waals surface area contributed by atoms with Gasteiger partial charge >= 0.3 is 0 Å². The molecule has 0 amide bonds. The highest BCUT2D eigenvalue weighted by Gasteiger charge is 2.31. The van der Waals surface area contributed by atoms with Crippen molar-refractivity contribution in [3.05, 3.63) is 0 Å². The first kappa shape index (κ1) is 10.9. The number of hydrogen-bond acceptors (Lipinski definition) is 4. The summed E-state index contributed by atoms with van der Waals surface area (Å²) in [7, 11) is 0. The molecule has 1 rings (SSSR count). The van der Waals surface area contributed by atoms with Gasteiger partial charge in [0.1, 0.15) is 6.10 Å². The summed E-state index contributed by atoms with van der Waals surface area (Å²) in [5.41, 5.74) is 0. The molecule has 1 heterocycles. The van der Waals surface area contributed by atoms with Crippen molar-refractivity contribution in [3.63, 3.8) is 0 Å². The van der Waals surface area contributed by atoms with Crippen LogP contribution in [-0.2, 0) is 9.47 Å². The number of aliphatic hydroxyl groups is 2. The maximum Gasteiger partial charge on any atom is 0.107 e. The van der Waals surface area contributed by atoms with Crippen molar-refractivity contribution in [2.45, 2.75) is 44.7 Å². The van der Waals surface area contributed by atoms with Gasteiger partial charge in [-0.1, -0.05) is 0 Å².